The highest BCUT2D eigenvalue weighted by Crippen LogP contribution is 2.22. The summed E-state index contributed by atoms with van der Waals surface area (Å²) < 4.78 is 0. The lowest BCUT2D eigenvalue weighted by atomic mass is 10.1. The third kappa shape index (κ3) is 2.20. The first-order chi connectivity index (χ1) is 5.79. The van der Waals surface area contributed by atoms with E-state index < -0.39 is 0 Å². The van der Waals surface area contributed by atoms with Crippen LogP contribution in [0.1, 0.15) is 33.1 Å². The Labute approximate surface area is 76.3 Å². The van der Waals surface area contributed by atoms with E-state index in [0.717, 1.165) is 18.6 Å². The molecule has 0 aromatic rings. The number of nitrogens with one attached hydrogen (secondary N) is 1. The summed E-state index contributed by atoms with van der Waals surface area (Å²) in [6.45, 7) is 6.72. The highest BCUT2D eigenvalue weighted by molar-refractivity contribution is 4.88. The third-order valence-corrected chi connectivity index (χ3v) is 3.01. The van der Waals surface area contributed by atoms with Crippen molar-refractivity contribution >= 4 is 0 Å². The van der Waals surface area contributed by atoms with E-state index in [1.807, 2.05) is 0 Å². The van der Waals surface area contributed by atoms with Gasteiger partial charge in [-0.05, 0) is 33.0 Å². The molecule has 2 nitrogen and oxygen atoms in total. The van der Waals surface area contributed by atoms with Crippen molar-refractivity contribution in [3.8, 4) is 0 Å². The Morgan fingerprint density at radius 3 is 2.67 bits per heavy atom. The summed E-state index contributed by atoms with van der Waals surface area (Å²) in [6, 6.07) is 1.54. The lowest BCUT2D eigenvalue weighted by molar-refractivity contribution is 0.222. The number of hydrogen-bond donors (Lipinski definition) is 1. The smallest absolute Gasteiger partial charge is 0.0246 e. The molecule has 1 N–H and O–H groups in total. The number of hydrogen-bond acceptors (Lipinski definition) is 2. The molecular formula is C10H22N2. The normalized spacial score (nSPS) is 30.0. The van der Waals surface area contributed by atoms with Crippen LogP contribution in [-0.4, -0.2) is 37.1 Å². The zero-order valence-electron chi connectivity index (χ0n) is 8.64. The molecule has 2 unspecified atom stereocenters. The van der Waals surface area contributed by atoms with Crippen molar-refractivity contribution in [1.82, 2.24) is 10.2 Å². The van der Waals surface area contributed by atoms with E-state index in [4.69, 9.17) is 0 Å². The quantitative estimate of drug-likeness (QED) is 0.687. The maximum atomic E-state index is 3.57. The van der Waals surface area contributed by atoms with Crippen LogP contribution in [0.15, 0.2) is 0 Å². The topological polar surface area (TPSA) is 15.3 Å². The van der Waals surface area contributed by atoms with Gasteiger partial charge in [0.2, 0.25) is 0 Å². The third-order valence-electron chi connectivity index (χ3n) is 3.01. The number of likely N-dealkylation sites (N-methyl/N-ethyl adjacent to an activating group) is 2. The molecule has 0 saturated heterocycles. The Morgan fingerprint density at radius 2 is 2.08 bits per heavy atom. The van der Waals surface area contributed by atoms with Gasteiger partial charge in [0.25, 0.3) is 0 Å². The van der Waals surface area contributed by atoms with Crippen molar-refractivity contribution < 1.29 is 0 Å². The molecule has 1 fully saturated rings. The fraction of sp³-hybridized carbons (Fsp3) is 1.00. The molecule has 0 aromatic carbocycles. The van der Waals surface area contributed by atoms with Crippen molar-refractivity contribution in [1.29, 1.82) is 0 Å². The van der Waals surface area contributed by atoms with Crippen molar-refractivity contribution in [2.45, 2.75) is 45.2 Å². The standard InChI is InChI=1S/C10H22N2/c1-4-11-9-7-6-8-10(9)12(3)5-2/h9-11H,4-8H2,1-3H3. The molecule has 12 heavy (non-hydrogen) atoms. The Hall–Kier alpha value is -0.0800. The van der Waals surface area contributed by atoms with Crippen LogP contribution in [0.5, 0.6) is 0 Å². The highest BCUT2D eigenvalue weighted by atomic mass is 15.2. The molecule has 0 heterocycles. The average Bonchev–Trinajstić information content (AvgIpc) is 2.52. The molecule has 0 amide bonds. The van der Waals surface area contributed by atoms with Gasteiger partial charge in [0.1, 0.15) is 0 Å². The maximum absolute atomic E-state index is 3.57. The Morgan fingerprint density at radius 1 is 1.33 bits per heavy atom. The first-order valence-corrected chi connectivity index (χ1v) is 5.23. The van der Waals surface area contributed by atoms with Crippen LogP contribution in [-0.2, 0) is 0 Å². The molecule has 1 aliphatic carbocycles. The second-order valence-corrected chi connectivity index (χ2v) is 3.74. The largest absolute Gasteiger partial charge is 0.313 e. The van der Waals surface area contributed by atoms with Crippen LogP contribution in [0.3, 0.4) is 0 Å². The lowest BCUT2D eigenvalue weighted by Gasteiger charge is -2.28. The van der Waals surface area contributed by atoms with Crippen LogP contribution < -0.4 is 5.32 Å². The van der Waals surface area contributed by atoms with Gasteiger partial charge in [-0.2, -0.15) is 0 Å². The second-order valence-electron chi connectivity index (χ2n) is 3.74. The van der Waals surface area contributed by atoms with Gasteiger partial charge in [0.05, 0.1) is 0 Å². The summed E-state index contributed by atoms with van der Waals surface area (Å²) in [5.74, 6) is 0. The predicted octanol–water partition coefficient (Wildman–Crippen LogP) is 1.47. The second kappa shape index (κ2) is 4.83. The van der Waals surface area contributed by atoms with Gasteiger partial charge >= 0.3 is 0 Å². The molecule has 0 spiro atoms. The minimum atomic E-state index is 0.750. The summed E-state index contributed by atoms with van der Waals surface area (Å²) in [6.07, 6.45) is 4.14. The van der Waals surface area contributed by atoms with Crippen molar-refractivity contribution in [2.24, 2.45) is 0 Å². The minimum absolute atomic E-state index is 0.750. The summed E-state index contributed by atoms with van der Waals surface area (Å²) in [7, 11) is 2.24. The molecule has 1 aliphatic rings. The van der Waals surface area contributed by atoms with E-state index in [2.05, 4.69) is 31.1 Å². The zero-order chi connectivity index (χ0) is 8.97. The molecule has 2 atom stereocenters. The lowest BCUT2D eigenvalue weighted by Crippen LogP contribution is -2.44. The van der Waals surface area contributed by atoms with Gasteiger partial charge in [-0.15, -0.1) is 0 Å². The van der Waals surface area contributed by atoms with Crippen molar-refractivity contribution in [3.63, 3.8) is 0 Å². The van der Waals surface area contributed by atoms with Gasteiger partial charge in [-0.25, -0.2) is 0 Å². The van der Waals surface area contributed by atoms with Crippen LogP contribution in [0.25, 0.3) is 0 Å². The molecule has 72 valence electrons. The molecule has 0 radical (unpaired) electrons. The first kappa shape index (κ1) is 10.0. The van der Waals surface area contributed by atoms with Gasteiger partial charge in [-0.1, -0.05) is 20.3 Å². The first-order valence-electron chi connectivity index (χ1n) is 5.23. The highest BCUT2D eigenvalue weighted by Gasteiger charge is 2.28. The maximum Gasteiger partial charge on any atom is 0.0246 e. The summed E-state index contributed by atoms with van der Waals surface area (Å²) in [5, 5.41) is 3.57. The van der Waals surface area contributed by atoms with Crippen LogP contribution in [0, 0.1) is 0 Å². The van der Waals surface area contributed by atoms with E-state index in [1.165, 1.54) is 25.8 Å². The van der Waals surface area contributed by atoms with Crippen LogP contribution in [0.4, 0.5) is 0 Å². The average molecular weight is 170 g/mol. The Balaban J connectivity index is 2.40. The van der Waals surface area contributed by atoms with Gasteiger partial charge in [0.15, 0.2) is 0 Å². The summed E-state index contributed by atoms with van der Waals surface area (Å²) >= 11 is 0. The summed E-state index contributed by atoms with van der Waals surface area (Å²) in [4.78, 5) is 2.47. The molecule has 1 saturated carbocycles. The molecule has 0 aromatic heterocycles. The SMILES string of the molecule is CCNC1CCCC1N(C)CC. The van der Waals surface area contributed by atoms with E-state index >= 15 is 0 Å². The molecule has 1 rings (SSSR count). The Bertz CT molecular complexity index is 125. The fourth-order valence-electron chi connectivity index (χ4n) is 2.20. The van der Waals surface area contributed by atoms with Crippen LogP contribution in [0.2, 0.25) is 0 Å². The van der Waals surface area contributed by atoms with Crippen molar-refractivity contribution in [3.05, 3.63) is 0 Å². The monoisotopic (exact) mass is 170 g/mol. The fourth-order valence-corrected chi connectivity index (χ4v) is 2.20. The van der Waals surface area contributed by atoms with E-state index in [9.17, 15) is 0 Å². The summed E-state index contributed by atoms with van der Waals surface area (Å²) in [5.41, 5.74) is 0. The van der Waals surface area contributed by atoms with Crippen LogP contribution >= 0.6 is 0 Å². The molecule has 0 aliphatic heterocycles. The Kier molecular flexibility index (Phi) is 4.02. The van der Waals surface area contributed by atoms with Gasteiger partial charge < -0.3 is 10.2 Å². The van der Waals surface area contributed by atoms with E-state index in [1.54, 1.807) is 0 Å². The molecular weight excluding hydrogens is 148 g/mol. The van der Waals surface area contributed by atoms with E-state index in [0.29, 0.717) is 0 Å². The molecule has 0 bridgehead atoms. The number of nitrogens with zero attached hydrogens (tertiary/aromatic N) is 1. The minimum Gasteiger partial charge on any atom is -0.313 e. The van der Waals surface area contributed by atoms with Crippen molar-refractivity contribution in [2.75, 3.05) is 20.1 Å². The van der Waals surface area contributed by atoms with Gasteiger partial charge in [-0.3, -0.25) is 0 Å². The van der Waals surface area contributed by atoms with E-state index in [-0.39, 0.29) is 0 Å². The number of rotatable bonds is 4. The zero-order valence-corrected chi connectivity index (χ0v) is 8.64. The predicted molar refractivity (Wildman–Crippen MR) is 53.4 cm³/mol. The molecule has 2 heteroatoms. The van der Waals surface area contributed by atoms with Gasteiger partial charge in [0, 0.05) is 12.1 Å².